The highest BCUT2D eigenvalue weighted by Crippen LogP contribution is 2.36. The Balaban J connectivity index is 2.29. The average Bonchev–Trinajstić information content (AvgIpc) is 2.43. The molecule has 0 heterocycles. The predicted molar refractivity (Wildman–Crippen MR) is 82.5 cm³/mol. The van der Waals surface area contributed by atoms with Crippen LogP contribution in [0.2, 0.25) is 0 Å². The van der Waals surface area contributed by atoms with Crippen molar-refractivity contribution in [3.05, 3.63) is 48.0 Å². The maximum Gasteiger partial charge on any atom is 0.154 e. The molecule has 0 saturated heterocycles. The van der Waals surface area contributed by atoms with Crippen molar-refractivity contribution < 1.29 is 9.47 Å². The molecule has 106 valence electrons. The van der Waals surface area contributed by atoms with E-state index in [1.54, 1.807) is 0 Å². The van der Waals surface area contributed by atoms with Crippen molar-refractivity contribution in [2.24, 2.45) is 0 Å². The van der Waals surface area contributed by atoms with Crippen LogP contribution in [0.1, 0.15) is 26.3 Å². The summed E-state index contributed by atoms with van der Waals surface area (Å²) in [5, 5.41) is 0. The van der Waals surface area contributed by atoms with Gasteiger partial charge in [-0.15, -0.1) is 0 Å². The van der Waals surface area contributed by atoms with Crippen molar-refractivity contribution in [2.45, 2.75) is 33.3 Å². The van der Waals surface area contributed by atoms with Gasteiger partial charge in [-0.3, -0.25) is 0 Å². The fraction of sp³-hybridized carbons (Fsp3) is 0.294. The van der Waals surface area contributed by atoms with Gasteiger partial charge in [-0.2, -0.15) is 0 Å². The van der Waals surface area contributed by atoms with Crippen molar-refractivity contribution >= 4 is 5.69 Å². The van der Waals surface area contributed by atoms with Gasteiger partial charge in [-0.25, -0.2) is 0 Å². The molecule has 0 aliphatic carbocycles. The summed E-state index contributed by atoms with van der Waals surface area (Å²) in [4.78, 5) is 0. The van der Waals surface area contributed by atoms with Gasteiger partial charge in [-0.1, -0.05) is 31.2 Å². The molecule has 0 aromatic heterocycles. The number of nitrogen functional groups attached to an aromatic ring is 1. The van der Waals surface area contributed by atoms with Crippen LogP contribution in [0.15, 0.2) is 42.5 Å². The second kappa shape index (κ2) is 6.33. The number of anilines is 1. The third-order valence-corrected chi connectivity index (χ3v) is 2.96. The Morgan fingerprint density at radius 3 is 2.30 bits per heavy atom. The summed E-state index contributed by atoms with van der Waals surface area (Å²) < 4.78 is 11.6. The van der Waals surface area contributed by atoms with Gasteiger partial charge < -0.3 is 15.2 Å². The van der Waals surface area contributed by atoms with Crippen molar-refractivity contribution in [1.82, 2.24) is 0 Å². The lowest BCUT2D eigenvalue weighted by Gasteiger charge is -2.16. The zero-order valence-electron chi connectivity index (χ0n) is 12.2. The van der Waals surface area contributed by atoms with Gasteiger partial charge in [0.2, 0.25) is 0 Å². The minimum atomic E-state index is 0.0791. The molecule has 0 bridgehead atoms. The number of benzene rings is 2. The summed E-state index contributed by atoms with van der Waals surface area (Å²) in [7, 11) is 0. The molecule has 0 aliphatic rings. The molecule has 20 heavy (non-hydrogen) atoms. The van der Waals surface area contributed by atoms with Gasteiger partial charge in [0.15, 0.2) is 5.75 Å². The lowest BCUT2D eigenvalue weighted by molar-refractivity contribution is 0.243. The highest BCUT2D eigenvalue weighted by atomic mass is 16.5. The smallest absolute Gasteiger partial charge is 0.154 e. The van der Waals surface area contributed by atoms with Crippen LogP contribution >= 0.6 is 0 Å². The fourth-order valence-corrected chi connectivity index (χ4v) is 1.98. The molecule has 3 heteroatoms. The molecule has 3 nitrogen and oxygen atoms in total. The fourth-order valence-electron chi connectivity index (χ4n) is 1.98. The van der Waals surface area contributed by atoms with Crippen molar-refractivity contribution in [3.8, 4) is 17.2 Å². The Morgan fingerprint density at radius 2 is 1.60 bits per heavy atom. The molecule has 0 atom stereocenters. The molecular formula is C17H21NO2. The molecule has 0 radical (unpaired) electrons. The number of aryl methyl sites for hydroxylation is 1. The molecule has 0 fully saturated rings. The zero-order chi connectivity index (χ0) is 14.5. The van der Waals surface area contributed by atoms with Crippen LogP contribution in [0.5, 0.6) is 17.2 Å². The Morgan fingerprint density at radius 1 is 0.950 bits per heavy atom. The Kier molecular flexibility index (Phi) is 4.51. The molecule has 0 amide bonds. The summed E-state index contributed by atoms with van der Waals surface area (Å²) in [5.74, 6) is 2.12. The van der Waals surface area contributed by atoms with Gasteiger partial charge in [0.25, 0.3) is 0 Å². The first-order valence-electron chi connectivity index (χ1n) is 6.92. The van der Waals surface area contributed by atoms with Crippen molar-refractivity contribution in [2.75, 3.05) is 5.73 Å². The first-order chi connectivity index (χ1) is 9.61. The van der Waals surface area contributed by atoms with E-state index in [4.69, 9.17) is 15.2 Å². The predicted octanol–water partition coefficient (Wildman–Crippen LogP) is 4.41. The Labute approximate surface area is 120 Å². The van der Waals surface area contributed by atoms with E-state index in [0.717, 1.165) is 17.7 Å². The quantitative estimate of drug-likeness (QED) is 0.819. The largest absolute Gasteiger partial charge is 0.489 e. The highest BCUT2D eigenvalue weighted by Gasteiger charge is 2.10. The normalized spacial score (nSPS) is 10.6. The molecule has 0 spiro atoms. The maximum absolute atomic E-state index is 6.12. The minimum Gasteiger partial charge on any atom is -0.489 e. The second-order valence-electron chi connectivity index (χ2n) is 4.90. The highest BCUT2D eigenvalue weighted by molar-refractivity contribution is 5.63. The molecule has 2 N–H and O–H groups in total. The topological polar surface area (TPSA) is 44.5 Å². The van der Waals surface area contributed by atoms with E-state index >= 15 is 0 Å². The molecule has 2 aromatic carbocycles. The van der Waals surface area contributed by atoms with Crippen LogP contribution in [0.3, 0.4) is 0 Å². The number of hydrogen-bond acceptors (Lipinski definition) is 3. The summed E-state index contributed by atoms with van der Waals surface area (Å²) in [5.41, 5.74) is 7.81. The van der Waals surface area contributed by atoms with E-state index < -0.39 is 0 Å². The van der Waals surface area contributed by atoms with Gasteiger partial charge in [-0.05, 0) is 44.0 Å². The van der Waals surface area contributed by atoms with Crippen LogP contribution in [0, 0.1) is 0 Å². The van der Waals surface area contributed by atoms with Gasteiger partial charge in [0, 0.05) is 0 Å². The van der Waals surface area contributed by atoms with Crippen LogP contribution in [0.4, 0.5) is 5.69 Å². The Hall–Kier alpha value is -2.16. The van der Waals surface area contributed by atoms with E-state index in [-0.39, 0.29) is 6.10 Å². The number of ether oxygens (including phenoxy) is 2. The number of hydrogen-bond donors (Lipinski definition) is 1. The monoisotopic (exact) mass is 271 g/mol. The Bertz CT molecular complexity index is 579. The number of nitrogens with two attached hydrogens (primary N) is 1. The lowest BCUT2D eigenvalue weighted by Crippen LogP contribution is -2.08. The van der Waals surface area contributed by atoms with Crippen LogP contribution in [-0.4, -0.2) is 6.10 Å². The lowest BCUT2D eigenvalue weighted by atomic mass is 10.1. The standard InChI is InChI=1S/C17H21NO2/c1-4-13-8-5-6-9-14(13)20-16-11-7-10-15(17(16)18)19-12(2)3/h5-12H,4,18H2,1-3H3. The summed E-state index contributed by atoms with van der Waals surface area (Å²) in [6.07, 6.45) is 0.994. The van der Waals surface area contributed by atoms with E-state index in [2.05, 4.69) is 13.0 Å². The average molecular weight is 271 g/mol. The second-order valence-corrected chi connectivity index (χ2v) is 4.90. The van der Waals surface area contributed by atoms with Crippen LogP contribution in [-0.2, 0) is 6.42 Å². The zero-order valence-corrected chi connectivity index (χ0v) is 12.2. The van der Waals surface area contributed by atoms with Crippen molar-refractivity contribution in [3.63, 3.8) is 0 Å². The number of rotatable bonds is 5. The maximum atomic E-state index is 6.12. The third kappa shape index (κ3) is 3.23. The van der Waals surface area contributed by atoms with E-state index in [1.807, 2.05) is 50.2 Å². The summed E-state index contributed by atoms with van der Waals surface area (Å²) >= 11 is 0. The first-order valence-corrected chi connectivity index (χ1v) is 6.92. The molecule has 2 aromatic rings. The van der Waals surface area contributed by atoms with E-state index in [1.165, 1.54) is 0 Å². The number of para-hydroxylation sites is 2. The van der Waals surface area contributed by atoms with Crippen LogP contribution < -0.4 is 15.2 Å². The first kappa shape index (κ1) is 14.3. The molecule has 0 saturated carbocycles. The van der Waals surface area contributed by atoms with E-state index in [0.29, 0.717) is 17.2 Å². The minimum absolute atomic E-state index is 0.0791. The summed E-state index contributed by atoms with van der Waals surface area (Å²) in [6, 6.07) is 13.6. The van der Waals surface area contributed by atoms with Crippen LogP contribution in [0.25, 0.3) is 0 Å². The third-order valence-electron chi connectivity index (χ3n) is 2.96. The molecule has 2 rings (SSSR count). The van der Waals surface area contributed by atoms with E-state index in [9.17, 15) is 0 Å². The SMILES string of the molecule is CCc1ccccc1Oc1cccc(OC(C)C)c1N. The molecule has 0 aliphatic heterocycles. The summed E-state index contributed by atoms with van der Waals surface area (Å²) in [6.45, 7) is 6.04. The molecule has 0 unspecified atom stereocenters. The molecular weight excluding hydrogens is 250 g/mol. The van der Waals surface area contributed by atoms with Crippen molar-refractivity contribution in [1.29, 1.82) is 0 Å². The van der Waals surface area contributed by atoms with Gasteiger partial charge in [0.1, 0.15) is 17.2 Å². The van der Waals surface area contributed by atoms with Gasteiger partial charge in [0.05, 0.1) is 6.10 Å². The van der Waals surface area contributed by atoms with Gasteiger partial charge >= 0.3 is 0 Å².